The molecule has 0 radical (unpaired) electrons. The van der Waals surface area contributed by atoms with Gasteiger partial charge in [-0.15, -0.1) is 0 Å². The second-order valence-electron chi connectivity index (χ2n) is 7.74. The van der Waals surface area contributed by atoms with Crippen LogP contribution in [0.3, 0.4) is 0 Å². The number of nitrogens with one attached hydrogen (secondary N) is 1. The van der Waals surface area contributed by atoms with E-state index < -0.39 is 0 Å². The van der Waals surface area contributed by atoms with Crippen LogP contribution >= 0.6 is 15.9 Å². The van der Waals surface area contributed by atoms with Crippen LogP contribution in [0, 0.1) is 13.8 Å². The fraction of sp³-hybridized carbons (Fsp3) is 0.154. The molecule has 0 atom stereocenters. The summed E-state index contributed by atoms with van der Waals surface area (Å²) in [6, 6.07) is 18.0. The second kappa shape index (κ2) is 10.5. The molecule has 1 aromatic heterocycles. The molecule has 4 rings (SSSR count). The molecule has 8 nitrogen and oxygen atoms in total. The highest BCUT2D eigenvalue weighted by atomic mass is 79.9. The number of aryl methyl sites for hydroxylation is 2. The van der Waals surface area contributed by atoms with Crippen molar-refractivity contribution < 1.29 is 14.3 Å². The minimum Gasteiger partial charge on any atom is -0.493 e. The van der Waals surface area contributed by atoms with Crippen molar-refractivity contribution in [2.75, 3.05) is 19.0 Å². The number of aromatic nitrogens is 2. The smallest absolute Gasteiger partial charge is 0.282 e. The zero-order valence-corrected chi connectivity index (χ0v) is 21.0. The third-order valence-electron chi connectivity index (χ3n) is 5.26. The molecule has 35 heavy (non-hydrogen) atoms. The van der Waals surface area contributed by atoms with Gasteiger partial charge in [-0.05, 0) is 67.4 Å². The van der Waals surface area contributed by atoms with Crippen LogP contribution in [0.1, 0.15) is 17.0 Å². The number of rotatable bonds is 7. The minimum atomic E-state index is -0.280. The molecule has 0 unspecified atom stereocenters. The van der Waals surface area contributed by atoms with Gasteiger partial charge in [0.15, 0.2) is 18.1 Å². The normalized spacial score (nSPS) is 11.1. The summed E-state index contributed by atoms with van der Waals surface area (Å²) < 4.78 is 13.1. The van der Waals surface area contributed by atoms with E-state index in [9.17, 15) is 9.59 Å². The molecule has 0 saturated heterocycles. The van der Waals surface area contributed by atoms with Crippen molar-refractivity contribution >= 4 is 44.6 Å². The summed E-state index contributed by atoms with van der Waals surface area (Å²) >= 11 is 3.38. The zero-order chi connectivity index (χ0) is 24.9. The summed E-state index contributed by atoms with van der Waals surface area (Å²) in [4.78, 5) is 29.7. The number of hydrogen-bond donors (Lipinski definition) is 1. The Morgan fingerprint density at radius 2 is 1.91 bits per heavy atom. The topological polar surface area (TPSA) is 94.8 Å². The molecule has 0 aliphatic heterocycles. The number of carbonyl (C=O) groups is 1. The molecule has 178 valence electrons. The zero-order valence-electron chi connectivity index (χ0n) is 19.4. The van der Waals surface area contributed by atoms with E-state index in [1.807, 2.05) is 37.3 Å². The van der Waals surface area contributed by atoms with Gasteiger partial charge in [0.05, 0.1) is 24.2 Å². The van der Waals surface area contributed by atoms with Gasteiger partial charge in [-0.3, -0.25) is 9.59 Å². The maximum Gasteiger partial charge on any atom is 0.282 e. The summed E-state index contributed by atoms with van der Waals surface area (Å²) in [5, 5.41) is 7.62. The highest BCUT2D eigenvalue weighted by molar-refractivity contribution is 9.10. The van der Waals surface area contributed by atoms with Crippen molar-refractivity contribution in [3.8, 4) is 11.5 Å². The first-order valence-electron chi connectivity index (χ1n) is 10.8. The van der Waals surface area contributed by atoms with Crippen LogP contribution in [0.15, 0.2) is 75.0 Å². The third-order valence-corrected chi connectivity index (χ3v) is 5.75. The molecule has 1 N–H and O–H groups in total. The van der Waals surface area contributed by atoms with Crippen LogP contribution in [0.2, 0.25) is 0 Å². The molecule has 1 heterocycles. The average molecular weight is 535 g/mol. The van der Waals surface area contributed by atoms with E-state index in [0.717, 1.165) is 15.7 Å². The first-order chi connectivity index (χ1) is 16.9. The molecule has 0 aliphatic carbocycles. The average Bonchev–Trinajstić information content (AvgIpc) is 2.85. The first kappa shape index (κ1) is 24.2. The van der Waals surface area contributed by atoms with E-state index in [1.54, 1.807) is 37.3 Å². The number of carbonyl (C=O) groups excluding carboxylic acids is 1. The van der Waals surface area contributed by atoms with E-state index in [2.05, 4.69) is 31.3 Å². The maximum absolute atomic E-state index is 12.9. The number of hydrogen-bond acceptors (Lipinski definition) is 6. The number of nitrogens with zero attached hydrogens (tertiary/aromatic N) is 3. The molecule has 0 bridgehead atoms. The standard InChI is InChI=1S/C26H23BrN4O4/c1-16-6-4-5-7-21(16)30-25(32)15-35-23-11-8-18(12-24(23)34-3)14-28-31-17(2)29-22-10-9-19(27)13-20(22)26(31)33/h4-14H,15H2,1-3H3,(H,30,32). The van der Waals surface area contributed by atoms with Gasteiger partial charge in [0.2, 0.25) is 0 Å². The largest absolute Gasteiger partial charge is 0.493 e. The Hall–Kier alpha value is -3.98. The van der Waals surface area contributed by atoms with Crippen LogP contribution in [-0.4, -0.2) is 35.5 Å². The predicted molar refractivity (Wildman–Crippen MR) is 140 cm³/mol. The fourth-order valence-electron chi connectivity index (χ4n) is 3.45. The highest BCUT2D eigenvalue weighted by Gasteiger charge is 2.11. The van der Waals surface area contributed by atoms with Gasteiger partial charge in [-0.1, -0.05) is 34.1 Å². The van der Waals surface area contributed by atoms with Crippen molar-refractivity contribution in [1.82, 2.24) is 9.66 Å². The molecule has 1 amide bonds. The first-order valence-corrected chi connectivity index (χ1v) is 11.5. The lowest BCUT2D eigenvalue weighted by Gasteiger charge is -2.12. The number of para-hydroxylation sites is 1. The van der Waals surface area contributed by atoms with Crippen LogP contribution in [0.4, 0.5) is 5.69 Å². The molecule has 0 aliphatic rings. The number of anilines is 1. The predicted octanol–water partition coefficient (Wildman–Crippen LogP) is 4.68. The van der Waals surface area contributed by atoms with Gasteiger partial charge in [0.25, 0.3) is 11.5 Å². The molecule has 0 saturated carbocycles. The van der Waals surface area contributed by atoms with Gasteiger partial charge in [-0.2, -0.15) is 9.78 Å². The summed E-state index contributed by atoms with van der Waals surface area (Å²) in [5.74, 6) is 1.03. The number of amides is 1. The lowest BCUT2D eigenvalue weighted by Crippen LogP contribution is -2.21. The van der Waals surface area contributed by atoms with Gasteiger partial charge in [-0.25, -0.2) is 4.98 Å². The van der Waals surface area contributed by atoms with E-state index in [1.165, 1.54) is 18.0 Å². The Kier molecular flexibility index (Phi) is 7.26. The Morgan fingerprint density at radius 1 is 1.11 bits per heavy atom. The van der Waals surface area contributed by atoms with Gasteiger partial charge in [0, 0.05) is 10.2 Å². The van der Waals surface area contributed by atoms with E-state index >= 15 is 0 Å². The van der Waals surface area contributed by atoms with Crippen molar-refractivity contribution in [3.05, 3.63) is 92.4 Å². The summed E-state index contributed by atoms with van der Waals surface area (Å²) in [7, 11) is 1.51. The second-order valence-corrected chi connectivity index (χ2v) is 8.66. The van der Waals surface area contributed by atoms with Gasteiger partial charge >= 0.3 is 0 Å². The molecule has 9 heteroatoms. The third kappa shape index (κ3) is 5.58. The van der Waals surface area contributed by atoms with Crippen LogP contribution in [0.5, 0.6) is 11.5 Å². The molecule has 0 fully saturated rings. The van der Waals surface area contributed by atoms with E-state index in [-0.39, 0.29) is 18.1 Å². The van der Waals surface area contributed by atoms with Crippen molar-refractivity contribution in [2.45, 2.75) is 13.8 Å². The summed E-state index contributed by atoms with van der Waals surface area (Å²) in [6.45, 7) is 3.47. The summed E-state index contributed by atoms with van der Waals surface area (Å²) in [5.41, 5.74) is 2.72. The Bertz CT molecular complexity index is 1500. The lowest BCUT2D eigenvalue weighted by atomic mass is 10.2. The minimum absolute atomic E-state index is 0.176. The Balaban J connectivity index is 1.50. The molecule has 3 aromatic carbocycles. The molecular weight excluding hydrogens is 512 g/mol. The quantitative estimate of drug-likeness (QED) is 0.347. The monoisotopic (exact) mass is 534 g/mol. The lowest BCUT2D eigenvalue weighted by molar-refractivity contribution is -0.118. The van der Waals surface area contributed by atoms with Crippen LogP contribution < -0.4 is 20.3 Å². The number of halogens is 1. The maximum atomic E-state index is 12.9. The summed E-state index contributed by atoms with van der Waals surface area (Å²) in [6.07, 6.45) is 1.54. The number of methoxy groups -OCH3 is 1. The van der Waals surface area contributed by atoms with E-state index in [0.29, 0.717) is 33.8 Å². The highest BCUT2D eigenvalue weighted by Crippen LogP contribution is 2.27. The SMILES string of the molecule is COc1cc(C=Nn2c(C)nc3ccc(Br)cc3c2=O)ccc1OCC(=O)Nc1ccccc1C. The number of ether oxygens (including phenoxy) is 2. The van der Waals surface area contributed by atoms with Crippen molar-refractivity contribution in [1.29, 1.82) is 0 Å². The van der Waals surface area contributed by atoms with Crippen LogP contribution in [0.25, 0.3) is 10.9 Å². The van der Waals surface area contributed by atoms with Gasteiger partial charge in [0.1, 0.15) is 5.82 Å². The van der Waals surface area contributed by atoms with Gasteiger partial charge < -0.3 is 14.8 Å². The van der Waals surface area contributed by atoms with Crippen LogP contribution in [-0.2, 0) is 4.79 Å². The number of fused-ring (bicyclic) bond motifs is 1. The molecule has 0 spiro atoms. The number of benzene rings is 3. The Labute approximate surface area is 210 Å². The van der Waals surface area contributed by atoms with Crippen molar-refractivity contribution in [3.63, 3.8) is 0 Å². The molecular formula is C26H23BrN4O4. The van der Waals surface area contributed by atoms with E-state index in [4.69, 9.17) is 9.47 Å². The fourth-order valence-corrected chi connectivity index (χ4v) is 3.81. The van der Waals surface area contributed by atoms with Crippen molar-refractivity contribution in [2.24, 2.45) is 5.10 Å². The molecule has 4 aromatic rings. The Morgan fingerprint density at radius 3 is 2.69 bits per heavy atom.